The van der Waals surface area contributed by atoms with Crippen molar-refractivity contribution in [3.05, 3.63) is 59.7 Å². The van der Waals surface area contributed by atoms with Crippen LogP contribution in [0.25, 0.3) is 11.1 Å². The quantitative estimate of drug-likeness (QED) is 0.705. The number of nitrogens with one attached hydrogen (secondary N) is 1. The second-order valence-electron chi connectivity index (χ2n) is 9.12. The van der Waals surface area contributed by atoms with Crippen LogP contribution in [0.2, 0.25) is 0 Å². The van der Waals surface area contributed by atoms with Crippen molar-refractivity contribution < 1.29 is 29.0 Å². The molecule has 0 aromatic heterocycles. The molecular formula is C26H28N2O6. The summed E-state index contributed by atoms with van der Waals surface area (Å²) in [5, 5.41) is 12.1. The Bertz CT molecular complexity index is 1060. The number of nitrogens with zero attached hydrogens (tertiary/aromatic N) is 1. The molecule has 2 amide bonds. The number of carbonyl (C=O) groups is 3. The van der Waals surface area contributed by atoms with E-state index >= 15 is 0 Å². The molecule has 0 spiro atoms. The second-order valence-corrected chi connectivity index (χ2v) is 9.12. The number of likely N-dealkylation sites (tertiary alicyclic amines) is 1. The van der Waals surface area contributed by atoms with E-state index in [1.165, 1.54) is 0 Å². The number of hydrogen-bond donors (Lipinski definition) is 2. The zero-order chi connectivity index (χ0) is 23.7. The van der Waals surface area contributed by atoms with E-state index in [-0.39, 0.29) is 25.0 Å². The lowest BCUT2D eigenvalue weighted by molar-refractivity contribution is -0.149. The maximum atomic E-state index is 13.0. The Hall–Kier alpha value is -3.39. The predicted octanol–water partition coefficient (Wildman–Crippen LogP) is 3.01. The third-order valence-corrected chi connectivity index (χ3v) is 7.06. The Morgan fingerprint density at radius 1 is 1.03 bits per heavy atom. The number of alkyl carbamates (subject to hydrolysis) is 1. The minimum Gasteiger partial charge on any atom is -0.481 e. The molecule has 2 N–H and O–H groups in total. The van der Waals surface area contributed by atoms with Crippen LogP contribution < -0.4 is 5.32 Å². The molecule has 178 valence electrons. The number of fused-ring (bicyclic) bond motifs is 3. The lowest BCUT2D eigenvalue weighted by Crippen LogP contribution is -2.52. The molecule has 5 rings (SSSR count). The van der Waals surface area contributed by atoms with Crippen molar-refractivity contribution in [3.8, 4) is 11.1 Å². The molecule has 2 saturated heterocycles. The highest BCUT2D eigenvalue weighted by molar-refractivity contribution is 5.84. The summed E-state index contributed by atoms with van der Waals surface area (Å²) < 4.78 is 11.3. The molecule has 2 unspecified atom stereocenters. The Balaban J connectivity index is 1.20. The molecule has 2 aromatic rings. The van der Waals surface area contributed by atoms with Crippen LogP contribution in [0.1, 0.15) is 36.3 Å². The van der Waals surface area contributed by atoms with Gasteiger partial charge in [-0.15, -0.1) is 0 Å². The number of carboxylic acid groups (broad SMARTS) is 1. The van der Waals surface area contributed by atoms with Gasteiger partial charge in [-0.3, -0.25) is 9.59 Å². The Labute approximate surface area is 197 Å². The van der Waals surface area contributed by atoms with Gasteiger partial charge in [0, 0.05) is 25.6 Å². The minimum atomic E-state index is -0.891. The first kappa shape index (κ1) is 22.4. The molecule has 3 aliphatic rings. The molecular weight excluding hydrogens is 436 g/mol. The van der Waals surface area contributed by atoms with Gasteiger partial charge in [-0.2, -0.15) is 0 Å². The minimum absolute atomic E-state index is 0.0447. The van der Waals surface area contributed by atoms with Gasteiger partial charge in [0.2, 0.25) is 0 Å². The number of carboxylic acids is 1. The van der Waals surface area contributed by atoms with Gasteiger partial charge in [0.25, 0.3) is 5.91 Å². The highest BCUT2D eigenvalue weighted by Crippen LogP contribution is 2.44. The van der Waals surface area contributed by atoms with Crippen LogP contribution in [-0.2, 0) is 19.1 Å². The van der Waals surface area contributed by atoms with Crippen LogP contribution in [0.3, 0.4) is 0 Å². The third-order valence-electron chi connectivity index (χ3n) is 7.06. The van der Waals surface area contributed by atoms with Gasteiger partial charge >= 0.3 is 12.1 Å². The first-order chi connectivity index (χ1) is 16.5. The van der Waals surface area contributed by atoms with E-state index in [2.05, 4.69) is 29.6 Å². The summed E-state index contributed by atoms with van der Waals surface area (Å²) >= 11 is 0. The summed E-state index contributed by atoms with van der Waals surface area (Å²) in [5.41, 5.74) is 4.57. The van der Waals surface area contributed by atoms with Crippen molar-refractivity contribution in [2.45, 2.75) is 37.3 Å². The molecule has 8 heteroatoms. The third kappa shape index (κ3) is 4.25. The first-order valence-electron chi connectivity index (χ1n) is 11.8. The molecule has 8 nitrogen and oxygen atoms in total. The number of piperidine rings is 1. The van der Waals surface area contributed by atoms with Gasteiger partial charge in [-0.1, -0.05) is 48.5 Å². The van der Waals surface area contributed by atoms with Gasteiger partial charge in [0.05, 0.1) is 12.0 Å². The van der Waals surface area contributed by atoms with Crippen LogP contribution in [0.4, 0.5) is 4.79 Å². The summed E-state index contributed by atoms with van der Waals surface area (Å²) in [6.45, 7) is 1.21. The van der Waals surface area contributed by atoms with E-state index in [0.717, 1.165) is 22.3 Å². The number of rotatable bonds is 5. The molecule has 2 aliphatic heterocycles. The fourth-order valence-corrected chi connectivity index (χ4v) is 5.33. The molecule has 2 fully saturated rings. The Morgan fingerprint density at radius 2 is 1.71 bits per heavy atom. The van der Waals surface area contributed by atoms with E-state index in [1.54, 1.807) is 4.90 Å². The second kappa shape index (κ2) is 9.46. The van der Waals surface area contributed by atoms with Crippen molar-refractivity contribution in [3.63, 3.8) is 0 Å². The summed E-state index contributed by atoms with van der Waals surface area (Å²) in [4.78, 5) is 38.6. The van der Waals surface area contributed by atoms with Crippen LogP contribution in [-0.4, -0.2) is 66.4 Å². The van der Waals surface area contributed by atoms with Crippen molar-refractivity contribution in [1.29, 1.82) is 0 Å². The predicted molar refractivity (Wildman–Crippen MR) is 123 cm³/mol. The number of carbonyl (C=O) groups excluding carboxylic acids is 2. The van der Waals surface area contributed by atoms with Gasteiger partial charge in [0.1, 0.15) is 6.61 Å². The molecule has 2 aromatic carbocycles. The molecule has 0 bridgehead atoms. The van der Waals surface area contributed by atoms with Crippen molar-refractivity contribution in [2.75, 3.05) is 26.3 Å². The van der Waals surface area contributed by atoms with E-state index in [1.807, 2.05) is 24.3 Å². The fourth-order valence-electron chi connectivity index (χ4n) is 5.33. The zero-order valence-corrected chi connectivity index (χ0v) is 18.8. The highest BCUT2D eigenvalue weighted by atomic mass is 16.6. The molecule has 2 heterocycles. The van der Waals surface area contributed by atoms with Crippen molar-refractivity contribution in [2.24, 2.45) is 5.92 Å². The van der Waals surface area contributed by atoms with E-state index < -0.39 is 30.1 Å². The maximum absolute atomic E-state index is 13.0. The van der Waals surface area contributed by atoms with E-state index in [4.69, 9.17) is 9.47 Å². The maximum Gasteiger partial charge on any atom is 0.407 e. The fraction of sp³-hybridized carbons (Fsp3) is 0.423. The van der Waals surface area contributed by atoms with E-state index in [9.17, 15) is 19.5 Å². The summed E-state index contributed by atoms with van der Waals surface area (Å²) in [7, 11) is 0. The smallest absolute Gasteiger partial charge is 0.407 e. The largest absolute Gasteiger partial charge is 0.481 e. The number of benzene rings is 2. The molecule has 0 radical (unpaired) electrons. The average molecular weight is 465 g/mol. The molecule has 34 heavy (non-hydrogen) atoms. The van der Waals surface area contributed by atoms with Gasteiger partial charge < -0.3 is 24.8 Å². The number of amides is 2. The van der Waals surface area contributed by atoms with Crippen LogP contribution in [0.5, 0.6) is 0 Å². The summed E-state index contributed by atoms with van der Waals surface area (Å²) in [6.07, 6.45) is 0.285. The Kier molecular flexibility index (Phi) is 6.24. The monoisotopic (exact) mass is 464 g/mol. The first-order valence-corrected chi connectivity index (χ1v) is 11.8. The normalized spacial score (nSPS) is 23.8. The van der Waals surface area contributed by atoms with Crippen LogP contribution in [0, 0.1) is 5.92 Å². The lowest BCUT2D eigenvalue weighted by Gasteiger charge is -2.33. The highest BCUT2D eigenvalue weighted by Gasteiger charge is 2.40. The molecule has 3 atom stereocenters. The van der Waals surface area contributed by atoms with Gasteiger partial charge in [-0.25, -0.2) is 4.79 Å². The Morgan fingerprint density at radius 3 is 2.38 bits per heavy atom. The zero-order valence-electron chi connectivity index (χ0n) is 18.8. The van der Waals surface area contributed by atoms with Crippen LogP contribution in [0.15, 0.2) is 48.5 Å². The number of aliphatic carboxylic acids is 1. The molecule has 1 aliphatic carbocycles. The number of hydrogen-bond acceptors (Lipinski definition) is 5. The van der Waals surface area contributed by atoms with Crippen molar-refractivity contribution in [1.82, 2.24) is 10.2 Å². The van der Waals surface area contributed by atoms with Gasteiger partial charge in [-0.05, 0) is 41.5 Å². The summed E-state index contributed by atoms with van der Waals surface area (Å²) in [6, 6.07) is 15.7. The van der Waals surface area contributed by atoms with Crippen molar-refractivity contribution >= 4 is 18.0 Å². The average Bonchev–Trinajstić information content (AvgIpc) is 3.44. The lowest BCUT2D eigenvalue weighted by atomic mass is 9.97. The van der Waals surface area contributed by atoms with Gasteiger partial charge in [0.15, 0.2) is 6.10 Å². The number of ether oxygens (including phenoxy) is 2. The molecule has 0 saturated carbocycles. The standard InChI is InChI=1S/C26H28N2O6/c29-24(28-12-5-6-16(14-28)25(30)31)23-22(11-13-33-23)27-26(32)34-15-21-19-9-3-1-7-17(19)18-8-2-4-10-20(18)21/h1-4,7-10,16,21-23H,5-6,11-15H2,(H,27,32)(H,30,31)/t16-,22?,23?/m0/s1. The SMILES string of the molecule is O=C(NC1CCOC1C(=O)N1CCC[C@H](C(=O)O)C1)OCC1c2ccccc2-c2ccccc21. The summed E-state index contributed by atoms with van der Waals surface area (Å²) in [5.74, 6) is -1.77. The topological polar surface area (TPSA) is 105 Å². The van der Waals surface area contributed by atoms with Crippen LogP contribution >= 0.6 is 0 Å². The van der Waals surface area contributed by atoms with E-state index in [0.29, 0.717) is 32.4 Å².